The maximum Gasteiger partial charge on any atom is 0.255 e. The molecule has 2 aliphatic heterocycles. The molecule has 1 unspecified atom stereocenters. The molecule has 2 aliphatic rings. The predicted octanol–water partition coefficient (Wildman–Crippen LogP) is 1.72. The zero-order valence-corrected chi connectivity index (χ0v) is 12.8. The molecule has 1 N–H and O–H groups in total. The lowest BCUT2D eigenvalue weighted by Crippen LogP contribution is -2.53. The van der Waals surface area contributed by atoms with Gasteiger partial charge in [-0.15, -0.1) is 0 Å². The van der Waals surface area contributed by atoms with Crippen molar-refractivity contribution in [2.45, 2.75) is 39.7 Å². The number of hydrogen-bond acceptors (Lipinski definition) is 3. The summed E-state index contributed by atoms with van der Waals surface area (Å²) in [6.45, 7) is 9.89. The number of allylic oxidation sites excluding steroid dienone is 1. The van der Waals surface area contributed by atoms with Crippen molar-refractivity contribution in [3.8, 4) is 0 Å². The van der Waals surface area contributed by atoms with E-state index in [9.17, 15) is 14.4 Å². The van der Waals surface area contributed by atoms with Gasteiger partial charge < -0.3 is 4.90 Å². The molecular weight excluding hydrogens is 268 g/mol. The Bertz CT molecular complexity index is 518. The lowest BCUT2D eigenvalue weighted by Gasteiger charge is -2.29. The largest absolute Gasteiger partial charge is 0.322 e. The molecule has 1 saturated heterocycles. The molecule has 0 aliphatic carbocycles. The van der Waals surface area contributed by atoms with Crippen molar-refractivity contribution in [3.05, 3.63) is 36.0 Å². The topological polar surface area (TPSA) is 66.5 Å². The molecule has 114 valence electrons. The van der Waals surface area contributed by atoms with Gasteiger partial charge in [-0.05, 0) is 18.9 Å². The lowest BCUT2D eigenvalue weighted by molar-refractivity contribution is -0.142. The van der Waals surface area contributed by atoms with E-state index >= 15 is 0 Å². The van der Waals surface area contributed by atoms with Crippen molar-refractivity contribution in [2.24, 2.45) is 0 Å². The highest BCUT2D eigenvalue weighted by molar-refractivity contribution is 6.06. The number of carbonyl (C=O) groups excluding carboxylic acids is 3. The van der Waals surface area contributed by atoms with E-state index in [1.165, 1.54) is 4.90 Å². The number of hydrogen-bond donors (Lipinski definition) is 1. The van der Waals surface area contributed by atoms with Crippen LogP contribution in [-0.2, 0) is 14.4 Å². The number of amides is 3. The summed E-state index contributed by atoms with van der Waals surface area (Å²) in [5.41, 5.74) is 1.38. The molecule has 21 heavy (non-hydrogen) atoms. The lowest BCUT2D eigenvalue weighted by atomic mass is 10.0. The molecule has 2 heterocycles. The molecule has 0 aromatic carbocycles. The molecule has 1 fully saturated rings. The van der Waals surface area contributed by atoms with E-state index in [0.29, 0.717) is 18.5 Å². The third kappa shape index (κ3) is 3.48. The van der Waals surface area contributed by atoms with E-state index in [4.69, 9.17) is 0 Å². The van der Waals surface area contributed by atoms with Crippen LogP contribution in [0.2, 0.25) is 0 Å². The van der Waals surface area contributed by atoms with Crippen LogP contribution in [0.1, 0.15) is 33.6 Å². The smallest absolute Gasteiger partial charge is 0.255 e. The Kier molecular flexibility index (Phi) is 6.09. The van der Waals surface area contributed by atoms with Gasteiger partial charge in [0.05, 0.1) is 0 Å². The number of piperidine rings is 1. The highest BCUT2D eigenvalue weighted by atomic mass is 16.2. The van der Waals surface area contributed by atoms with Gasteiger partial charge in [-0.1, -0.05) is 38.7 Å². The van der Waals surface area contributed by atoms with E-state index in [0.717, 1.165) is 5.57 Å². The van der Waals surface area contributed by atoms with Gasteiger partial charge in [0.1, 0.15) is 6.04 Å². The van der Waals surface area contributed by atoms with Crippen LogP contribution in [0, 0.1) is 0 Å². The number of rotatable bonds is 3. The number of nitrogens with one attached hydrogen (secondary N) is 1. The maximum atomic E-state index is 12.3. The molecule has 1 atom stereocenters. The van der Waals surface area contributed by atoms with E-state index < -0.39 is 11.9 Å². The maximum absolute atomic E-state index is 12.3. The Morgan fingerprint density at radius 3 is 2.48 bits per heavy atom. The fourth-order valence-corrected chi connectivity index (χ4v) is 2.38. The molecule has 5 heteroatoms. The summed E-state index contributed by atoms with van der Waals surface area (Å²) in [5.74, 6) is -0.851. The van der Waals surface area contributed by atoms with Crippen LogP contribution in [0.4, 0.5) is 0 Å². The number of carbonyl (C=O) groups is 3. The molecule has 0 aromatic rings. The van der Waals surface area contributed by atoms with Gasteiger partial charge in [0.15, 0.2) is 0 Å². The zero-order chi connectivity index (χ0) is 16.0. The van der Waals surface area contributed by atoms with Crippen molar-refractivity contribution in [1.82, 2.24) is 10.2 Å². The van der Waals surface area contributed by atoms with Crippen molar-refractivity contribution < 1.29 is 14.4 Å². The summed E-state index contributed by atoms with van der Waals surface area (Å²) in [7, 11) is 0. The van der Waals surface area contributed by atoms with Crippen LogP contribution < -0.4 is 5.32 Å². The van der Waals surface area contributed by atoms with Gasteiger partial charge >= 0.3 is 0 Å². The minimum atomic E-state index is -0.567. The van der Waals surface area contributed by atoms with Crippen LogP contribution in [0.15, 0.2) is 36.0 Å². The minimum Gasteiger partial charge on any atom is -0.322 e. The Balaban J connectivity index is 0.00000106. The second kappa shape index (κ2) is 7.57. The summed E-state index contributed by atoms with van der Waals surface area (Å²) in [6.07, 6.45) is 5.79. The van der Waals surface area contributed by atoms with E-state index in [-0.39, 0.29) is 18.2 Å². The zero-order valence-electron chi connectivity index (χ0n) is 12.8. The van der Waals surface area contributed by atoms with Gasteiger partial charge in [-0.2, -0.15) is 0 Å². The first kappa shape index (κ1) is 16.9. The van der Waals surface area contributed by atoms with Crippen molar-refractivity contribution in [3.63, 3.8) is 0 Å². The quantitative estimate of drug-likeness (QED) is 0.805. The first-order chi connectivity index (χ1) is 10.1. The molecule has 0 bridgehead atoms. The van der Waals surface area contributed by atoms with E-state index in [1.807, 2.05) is 20.8 Å². The Labute approximate surface area is 125 Å². The van der Waals surface area contributed by atoms with Gasteiger partial charge in [0, 0.05) is 18.5 Å². The fourth-order valence-electron chi connectivity index (χ4n) is 2.38. The minimum absolute atomic E-state index is 0.178. The van der Waals surface area contributed by atoms with Crippen LogP contribution in [0.5, 0.6) is 0 Å². The average Bonchev–Trinajstić information content (AvgIpc) is 2.79. The first-order valence-electron chi connectivity index (χ1n) is 7.21. The normalized spacial score (nSPS) is 22.3. The van der Waals surface area contributed by atoms with Crippen molar-refractivity contribution in [1.29, 1.82) is 0 Å². The highest BCUT2D eigenvalue weighted by Gasteiger charge is 2.38. The highest BCUT2D eigenvalue weighted by Crippen LogP contribution is 2.25. The van der Waals surface area contributed by atoms with E-state index in [1.54, 1.807) is 18.2 Å². The summed E-state index contributed by atoms with van der Waals surface area (Å²) in [4.78, 5) is 36.7. The van der Waals surface area contributed by atoms with Gasteiger partial charge in [-0.25, -0.2) is 0 Å². The summed E-state index contributed by atoms with van der Waals surface area (Å²) in [6, 6.07) is -0.567. The Morgan fingerprint density at radius 2 is 1.95 bits per heavy atom. The summed E-state index contributed by atoms with van der Waals surface area (Å²) < 4.78 is 0. The number of imide groups is 1. The van der Waals surface area contributed by atoms with Crippen LogP contribution in [0.3, 0.4) is 0 Å². The molecule has 0 saturated carbocycles. The standard InChI is InChI=1S/C14H16N2O3.C2H6/c1-3-5-10-9(4-2)8-16(14(10)19)11-6-7-12(17)15-13(11)18;1-2/h3-5,11H,2,6-8H2,1H3,(H,15,17,18);1-2H3/b5-3-;. The molecule has 3 amide bonds. The van der Waals surface area contributed by atoms with Gasteiger partial charge in [-0.3, -0.25) is 19.7 Å². The Hall–Kier alpha value is -2.17. The van der Waals surface area contributed by atoms with Gasteiger partial charge in [0.25, 0.3) is 5.91 Å². The van der Waals surface area contributed by atoms with Crippen LogP contribution >= 0.6 is 0 Å². The monoisotopic (exact) mass is 290 g/mol. The van der Waals surface area contributed by atoms with Crippen molar-refractivity contribution in [2.75, 3.05) is 6.54 Å². The second-order valence-electron chi connectivity index (χ2n) is 4.54. The predicted molar refractivity (Wildman–Crippen MR) is 81.3 cm³/mol. The molecule has 0 spiro atoms. The van der Waals surface area contributed by atoms with E-state index in [2.05, 4.69) is 11.9 Å². The molecule has 5 nitrogen and oxygen atoms in total. The molecular formula is C16H22N2O3. The summed E-state index contributed by atoms with van der Waals surface area (Å²) in [5, 5.41) is 2.27. The third-order valence-electron chi connectivity index (χ3n) is 3.34. The molecule has 0 radical (unpaired) electrons. The fraction of sp³-hybridized carbons (Fsp3) is 0.438. The van der Waals surface area contributed by atoms with Crippen molar-refractivity contribution >= 4 is 17.7 Å². The molecule has 2 rings (SSSR count). The molecule has 0 aromatic heterocycles. The first-order valence-corrected chi connectivity index (χ1v) is 7.21. The second-order valence-corrected chi connectivity index (χ2v) is 4.54. The third-order valence-corrected chi connectivity index (χ3v) is 3.34. The van der Waals surface area contributed by atoms with Crippen LogP contribution in [0.25, 0.3) is 0 Å². The average molecular weight is 290 g/mol. The van der Waals surface area contributed by atoms with Gasteiger partial charge in [0.2, 0.25) is 11.8 Å². The summed E-state index contributed by atoms with van der Waals surface area (Å²) >= 11 is 0. The number of nitrogens with zero attached hydrogens (tertiary/aromatic N) is 1. The SMILES string of the molecule is C=CC1=C(/C=C\C)C(=O)N(C2CCC(=O)NC2=O)C1.CC. The Morgan fingerprint density at radius 1 is 1.29 bits per heavy atom. The van der Waals surface area contributed by atoms with Crippen LogP contribution in [-0.4, -0.2) is 35.2 Å².